The molecule has 33 heavy (non-hydrogen) atoms. The molecule has 4 aromatic rings. The van der Waals surface area contributed by atoms with Crippen LogP contribution in [0.15, 0.2) is 71.8 Å². The Morgan fingerprint density at radius 3 is 2.64 bits per heavy atom. The van der Waals surface area contributed by atoms with E-state index in [1.807, 2.05) is 19.1 Å². The van der Waals surface area contributed by atoms with E-state index in [4.69, 9.17) is 16.3 Å². The van der Waals surface area contributed by atoms with E-state index in [1.165, 1.54) is 18.2 Å². The number of halogens is 1. The zero-order chi connectivity index (χ0) is 23.4. The van der Waals surface area contributed by atoms with E-state index in [0.717, 1.165) is 0 Å². The Morgan fingerprint density at radius 1 is 1.09 bits per heavy atom. The largest absolute Gasteiger partial charge is 0.494 e. The number of nitrogens with zero attached hydrogens (tertiary/aromatic N) is 3. The van der Waals surface area contributed by atoms with Crippen LogP contribution in [0.2, 0.25) is 5.02 Å². The number of ether oxygens (including phenoxy) is 1. The predicted octanol–water partition coefficient (Wildman–Crippen LogP) is 3.51. The van der Waals surface area contributed by atoms with Crippen molar-refractivity contribution in [2.45, 2.75) is 18.4 Å². The smallest absolute Gasteiger partial charge is 0.263 e. The maximum atomic E-state index is 12.9. The van der Waals surface area contributed by atoms with Crippen LogP contribution in [0.1, 0.15) is 23.1 Å². The van der Waals surface area contributed by atoms with Crippen molar-refractivity contribution < 1.29 is 17.9 Å². The lowest BCUT2D eigenvalue weighted by atomic mass is 10.2. The highest BCUT2D eigenvalue weighted by molar-refractivity contribution is 7.92. The maximum Gasteiger partial charge on any atom is 0.263 e. The van der Waals surface area contributed by atoms with Crippen LogP contribution in [0.3, 0.4) is 0 Å². The molecule has 2 aromatic carbocycles. The van der Waals surface area contributed by atoms with E-state index in [-0.39, 0.29) is 22.0 Å². The molecule has 0 aliphatic carbocycles. The second kappa shape index (κ2) is 9.47. The second-order valence-corrected chi connectivity index (χ2v) is 8.99. The van der Waals surface area contributed by atoms with Gasteiger partial charge in [0.25, 0.3) is 15.9 Å². The molecule has 2 heterocycles. The van der Waals surface area contributed by atoms with Crippen LogP contribution >= 0.6 is 11.6 Å². The number of nitrogens with one attached hydrogen (secondary N) is 2. The number of carbonyl (C=O) groups excluding carboxylic acids is 1. The molecule has 0 aliphatic rings. The SMILES string of the molecule is CCOc1ccc(NS(=O)(=O)c2cc(C(=O)NCc3nnc4ccccn34)ccc2Cl)cc1. The molecule has 0 unspecified atom stereocenters. The fourth-order valence-corrected chi connectivity index (χ4v) is 4.70. The minimum Gasteiger partial charge on any atom is -0.494 e. The first-order valence-electron chi connectivity index (χ1n) is 9.99. The molecule has 0 aliphatic heterocycles. The molecule has 0 saturated carbocycles. The van der Waals surface area contributed by atoms with Gasteiger partial charge in [-0.15, -0.1) is 10.2 Å². The van der Waals surface area contributed by atoms with Crippen molar-refractivity contribution in [2.75, 3.05) is 11.3 Å². The number of pyridine rings is 1. The van der Waals surface area contributed by atoms with Crippen molar-refractivity contribution in [1.82, 2.24) is 19.9 Å². The first kappa shape index (κ1) is 22.6. The predicted molar refractivity (Wildman–Crippen MR) is 124 cm³/mol. The van der Waals surface area contributed by atoms with Crippen LogP contribution in [0.25, 0.3) is 5.65 Å². The summed E-state index contributed by atoms with van der Waals surface area (Å²) in [6.45, 7) is 2.47. The molecule has 0 saturated heterocycles. The van der Waals surface area contributed by atoms with E-state index >= 15 is 0 Å². The third kappa shape index (κ3) is 5.07. The van der Waals surface area contributed by atoms with Gasteiger partial charge in [0, 0.05) is 17.4 Å². The van der Waals surface area contributed by atoms with Gasteiger partial charge in [0.2, 0.25) is 0 Å². The van der Waals surface area contributed by atoms with Gasteiger partial charge in [0.15, 0.2) is 11.5 Å². The highest BCUT2D eigenvalue weighted by Gasteiger charge is 2.21. The maximum absolute atomic E-state index is 12.9. The average Bonchev–Trinajstić information content (AvgIpc) is 3.22. The summed E-state index contributed by atoms with van der Waals surface area (Å²) in [5, 5.41) is 10.8. The molecule has 11 heteroatoms. The summed E-state index contributed by atoms with van der Waals surface area (Å²) in [6, 6.07) is 16.0. The van der Waals surface area contributed by atoms with Crippen LogP contribution in [-0.2, 0) is 16.6 Å². The van der Waals surface area contributed by atoms with Gasteiger partial charge in [0.1, 0.15) is 10.6 Å². The fraction of sp³-hybridized carbons (Fsp3) is 0.136. The molecule has 2 N–H and O–H groups in total. The van der Waals surface area contributed by atoms with Crippen molar-refractivity contribution in [1.29, 1.82) is 0 Å². The number of aromatic nitrogens is 3. The van der Waals surface area contributed by atoms with Crippen LogP contribution in [-0.4, -0.2) is 35.5 Å². The lowest BCUT2D eigenvalue weighted by Gasteiger charge is -2.12. The minimum atomic E-state index is -4.04. The van der Waals surface area contributed by atoms with Gasteiger partial charge in [-0.1, -0.05) is 17.7 Å². The second-order valence-electron chi connectivity index (χ2n) is 6.94. The Balaban J connectivity index is 1.50. The first-order valence-corrected chi connectivity index (χ1v) is 11.9. The molecular formula is C22H20ClN5O4S. The summed E-state index contributed by atoms with van der Waals surface area (Å²) in [5.74, 6) is 0.687. The average molecular weight is 486 g/mol. The van der Waals surface area contributed by atoms with Crippen LogP contribution in [0, 0.1) is 0 Å². The van der Waals surface area contributed by atoms with Gasteiger partial charge in [-0.05, 0) is 61.5 Å². The number of sulfonamides is 1. The van der Waals surface area contributed by atoms with Gasteiger partial charge >= 0.3 is 0 Å². The van der Waals surface area contributed by atoms with E-state index in [9.17, 15) is 13.2 Å². The monoisotopic (exact) mass is 485 g/mol. The summed E-state index contributed by atoms with van der Waals surface area (Å²) in [4.78, 5) is 12.5. The van der Waals surface area contributed by atoms with Gasteiger partial charge in [-0.25, -0.2) is 8.42 Å². The van der Waals surface area contributed by atoms with Crippen LogP contribution in [0.4, 0.5) is 5.69 Å². The lowest BCUT2D eigenvalue weighted by Crippen LogP contribution is -2.24. The highest BCUT2D eigenvalue weighted by atomic mass is 35.5. The minimum absolute atomic E-state index is 0.00608. The van der Waals surface area contributed by atoms with Crippen molar-refractivity contribution in [3.63, 3.8) is 0 Å². The van der Waals surface area contributed by atoms with Crippen LogP contribution < -0.4 is 14.8 Å². The Kier molecular flexibility index (Phi) is 6.47. The Hall–Kier alpha value is -3.63. The Labute approximate surface area is 195 Å². The summed E-state index contributed by atoms with van der Waals surface area (Å²) in [5.41, 5.74) is 1.13. The highest BCUT2D eigenvalue weighted by Crippen LogP contribution is 2.26. The molecule has 0 radical (unpaired) electrons. The lowest BCUT2D eigenvalue weighted by molar-refractivity contribution is 0.0949. The standard InChI is InChI=1S/C22H20ClN5O4S/c1-2-32-17-9-7-16(8-10-17)27-33(30,31)19-13-15(6-11-18(19)23)22(29)24-14-21-26-25-20-5-3-4-12-28(20)21/h3-13,27H,2,14H2,1H3,(H,24,29). The third-order valence-electron chi connectivity index (χ3n) is 4.69. The summed E-state index contributed by atoms with van der Waals surface area (Å²) in [7, 11) is -4.04. The number of benzene rings is 2. The molecule has 1 amide bonds. The number of rotatable bonds is 8. The number of anilines is 1. The van der Waals surface area contributed by atoms with Gasteiger partial charge in [0.05, 0.1) is 18.2 Å². The number of fused-ring (bicyclic) bond motifs is 1. The number of hydrogen-bond acceptors (Lipinski definition) is 6. The van der Waals surface area contributed by atoms with E-state index in [1.54, 1.807) is 40.9 Å². The van der Waals surface area contributed by atoms with Crippen molar-refractivity contribution in [3.05, 3.63) is 83.3 Å². The number of hydrogen-bond donors (Lipinski definition) is 2. The van der Waals surface area contributed by atoms with E-state index < -0.39 is 15.9 Å². The molecule has 9 nitrogen and oxygen atoms in total. The first-order chi connectivity index (χ1) is 15.9. The van der Waals surface area contributed by atoms with Crippen molar-refractivity contribution in [3.8, 4) is 5.75 Å². The Morgan fingerprint density at radius 2 is 1.88 bits per heavy atom. The molecule has 0 fully saturated rings. The molecule has 0 spiro atoms. The quantitative estimate of drug-likeness (QED) is 0.394. The summed E-state index contributed by atoms with van der Waals surface area (Å²) >= 11 is 6.15. The molecule has 0 atom stereocenters. The van der Waals surface area contributed by atoms with Gasteiger partial charge in [-0.2, -0.15) is 0 Å². The molecule has 170 valence electrons. The van der Waals surface area contributed by atoms with E-state index in [0.29, 0.717) is 29.5 Å². The zero-order valence-corrected chi connectivity index (χ0v) is 19.1. The number of amides is 1. The molecule has 2 aromatic heterocycles. The Bertz CT molecular complexity index is 1400. The molecule has 0 bridgehead atoms. The van der Waals surface area contributed by atoms with Gasteiger partial charge in [-0.3, -0.25) is 13.9 Å². The number of carbonyl (C=O) groups is 1. The van der Waals surface area contributed by atoms with Crippen molar-refractivity contribution in [2.24, 2.45) is 0 Å². The normalized spacial score (nSPS) is 11.3. The fourth-order valence-electron chi connectivity index (χ4n) is 3.12. The molecular weight excluding hydrogens is 466 g/mol. The topological polar surface area (TPSA) is 115 Å². The van der Waals surface area contributed by atoms with Gasteiger partial charge < -0.3 is 10.1 Å². The van der Waals surface area contributed by atoms with E-state index in [2.05, 4.69) is 20.2 Å². The summed E-state index contributed by atoms with van der Waals surface area (Å²) in [6.07, 6.45) is 1.79. The molecule has 4 rings (SSSR count). The zero-order valence-electron chi connectivity index (χ0n) is 17.5. The van der Waals surface area contributed by atoms with Crippen LogP contribution in [0.5, 0.6) is 5.75 Å². The summed E-state index contributed by atoms with van der Waals surface area (Å²) < 4.78 is 35.4. The van der Waals surface area contributed by atoms with Crippen molar-refractivity contribution >= 4 is 38.9 Å². The third-order valence-corrected chi connectivity index (χ3v) is 6.55.